The van der Waals surface area contributed by atoms with Crippen LogP contribution in [0.15, 0.2) is 71.8 Å². The summed E-state index contributed by atoms with van der Waals surface area (Å²) in [7, 11) is 0. The van der Waals surface area contributed by atoms with Gasteiger partial charge in [-0.2, -0.15) is 0 Å². The van der Waals surface area contributed by atoms with Crippen LogP contribution in [0.25, 0.3) is 11.8 Å². The Balaban J connectivity index is 1.51. The van der Waals surface area contributed by atoms with E-state index in [1.54, 1.807) is 41.1 Å². The number of carbonyl (C=O) groups is 3. The van der Waals surface area contributed by atoms with Crippen molar-refractivity contribution >= 4 is 46.3 Å². The Hall–Kier alpha value is -4.25. The number of rotatable bonds is 6. The van der Waals surface area contributed by atoms with Crippen molar-refractivity contribution in [2.45, 2.75) is 0 Å². The average Bonchev–Trinajstić information content (AvgIpc) is 3.35. The molecule has 11 heteroatoms. The normalized spacial score (nSPS) is 14.7. The first-order chi connectivity index (χ1) is 15.8. The minimum atomic E-state index is -0.710. The molecule has 0 aliphatic carbocycles. The molecule has 1 saturated heterocycles. The first kappa shape index (κ1) is 22.0. The second-order valence-corrected chi connectivity index (χ2v) is 7.87. The fraction of sp³-hybridized carbons (Fsp3) is 0.0455. The lowest BCUT2D eigenvalue weighted by atomic mass is 10.2. The summed E-state index contributed by atoms with van der Waals surface area (Å²) in [5, 5.41) is 12.6. The highest BCUT2D eigenvalue weighted by Gasteiger charge is 2.36. The molecule has 1 aromatic heterocycles. The van der Waals surface area contributed by atoms with Gasteiger partial charge in [0.1, 0.15) is 12.4 Å². The number of aromatic nitrogens is 1. The van der Waals surface area contributed by atoms with Crippen molar-refractivity contribution in [2.24, 2.45) is 0 Å². The molecule has 0 saturated carbocycles. The van der Waals surface area contributed by atoms with Crippen molar-refractivity contribution in [3.63, 3.8) is 0 Å². The van der Waals surface area contributed by atoms with Crippen LogP contribution in [0.5, 0.6) is 0 Å². The lowest BCUT2D eigenvalue weighted by Gasteiger charge is -2.12. The monoisotopic (exact) mass is 466 g/mol. The van der Waals surface area contributed by atoms with Crippen LogP contribution < -0.4 is 5.32 Å². The number of non-ortho nitro benzene ring substituents is 1. The molecule has 4 rings (SSSR count). The van der Waals surface area contributed by atoms with Crippen molar-refractivity contribution in [2.75, 3.05) is 11.9 Å². The predicted octanol–water partition coefficient (Wildman–Crippen LogP) is 4.20. The molecule has 2 aromatic carbocycles. The number of anilines is 1. The van der Waals surface area contributed by atoms with Crippen LogP contribution in [0.2, 0.25) is 0 Å². The highest BCUT2D eigenvalue weighted by Crippen LogP contribution is 2.32. The lowest BCUT2D eigenvalue weighted by Crippen LogP contribution is -2.36. The van der Waals surface area contributed by atoms with Crippen LogP contribution in [0, 0.1) is 15.9 Å². The summed E-state index contributed by atoms with van der Waals surface area (Å²) in [5.74, 6) is -1.99. The fourth-order valence-corrected chi connectivity index (χ4v) is 3.97. The van der Waals surface area contributed by atoms with Gasteiger partial charge in [0.2, 0.25) is 5.91 Å². The SMILES string of the molecule is O=C(CN1C(=O)S/C(=C\c2cccn2-c2ccc([N+](=O)[O-])cc2)C1=O)Nc1ccccc1F. The Morgan fingerprint density at radius 1 is 1.09 bits per heavy atom. The molecule has 3 amide bonds. The van der Waals surface area contributed by atoms with Crippen molar-refractivity contribution in [3.8, 4) is 5.69 Å². The quantitative estimate of drug-likeness (QED) is 0.331. The maximum Gasteiger partial charge on any atom is 0.294 e. The molecule has 1 aliphatic rings. The van der Waals surface area contributed by atoms with Gasteiger partial charge >= 0.3 is 0 Å². The standard InChI is InChI=1S/C22H15FN4O5S/c23-17-5-1-2-6-18(17)24-20(28)13-26-21(29)19(33-22(26)30)12-16-4-3-11-25(16)14-7-9-15(10-8-14)27(31)32/h1-12H,13H2,(H,24,28)/b19-12-. The number of hydrogen-bond acceptors (Lipinski definition) is 6. The largest absolute Gasteiger partial charge is 0.322 e. The molecule has 9 nitrogen and oxygen atoms in total. The molecular formula is C22H15FN4O5S. The predicted molar refractivity (Wildman–Crippen MR) is 120 cm³/mol. The number of nitro benzene ring substituents is 1. The summed E-state index contributed by atoms with van der Waals surface area (Å²) >= 11 is 0.684. The van der Waals surface area contributed by atoms with Gasteiger partial charge in [0.15, 0.2) is 0 Å². The van der Waals surface area contributed by atoms with E-state index in [9.17, 15) is 28.9 Å². The highest BCUT2D eigenvalue weighted by atomic mass is 32.2. The number of nitrogens with zero attached hydrogens (tertiary/aromatic N) is 3. The van der Waals surface area contributed by atoms with E-state index in [-0.39, 0.29) is 16.3 Å². The minimum Gasteiger partial charge on any atom is -0.322 e. The zero-order valence-corrected chi connectivity index (χ0v) is 17.6. The van der Waals surface area contributed by atoms with E-state index >= 15 is 0 Å². The van der Waals surface area contributed by atoms with Gasteiger partial charge in [-0.25, -0.2) is 4.39 Å². The maximum atomic E-state index is 13.7. The summed E-state index contributed by atoms with van der Waals surface area (Å²) in [6.45, 7) is -0.556. The summed E-state index contributed by atoms with van der Waals surface area (Å²) in [4.78, 5) is 48.6. The zero-order chi connectivity index (χ0) is 23.5. The Labute approximate surface area is 190 Å². The van der Waals surface area contributed by atoms with Gasteiger partial charge in [0, 0.05) is 29.7 Å². The summed E-state index contributed by atoms with van der Waals surface area (Å²) in [6, 6.07) is 14.8. The molecule has 0 spiro atoms. The van der Waals surface area contributed by atoms with E-state index in [0.717, 1.165) is 4.90 Å². The molecule has 1 fully saturated rings. The Morgan fingerprint density at radius 2 is 1.82 bits per heavy atom. The number of carbonyl (C=O) groups excluding carboxylic acids is 3. The van der Waals surface area contributed by atoms with Gasteiger partial charge in [0.25, 0.3) is 16.8 Å². The van der Waals surface area contributed by atoms with Crippen LogP contribution in [-0.2, 0) is 9.59 Å². The van der Waals surface area contributed by atoms with Gasteiger partial charge < -0.3 is 9.88 Å². The molecule has 166 valence electrons. The van der Waals surface area contributed by atoms with Crippen LogP contribution in [0.3, 0.4) is 0 Å². The maximum absolute atomic E-state index is 13.7. The van der Waals surface area contributed by atoms with Crippen LogP contribution >= 0.6 is 11.8 Å². The molecule has 1 N–H and O–H groups in total. The van der Waals surface area contributed by atoms with E-state index in [1.807, 2.05) is 0 Å². The zero-order valence-electron chi connectivity index (χ0n) is 16.8. The fourth-order valence-electron chi connectivity index (χ4n) is 3.15. The van der Waals surface area contributed by atoms with E-state index in [2.05, 4.69) is 5.32 Å². The third-order valence-electron chi connectivity index (χ3n) is 4.72. The third-order valence-corrected chi connectivity index (χ3v) is 5.63. The number of hydrogen-bond donors (Lipinski definition) is 1. The van der Waals surface area contributed by atoms with Gasteiger partial charge in [-0.3, -0.25) is 29.4 Å². The number of halogens is 1. The Kier molecular flexibility index (Phi) is 6.05. The molecule has 3 aromatic rings. The summed E-state index contributed by atoms with van der Waals surface area (Å²) in [6.07, 6.45) is 3.21. The number of amides is 3. The number of para-hydroxylation sites is 1. The molecule has 2 heterocycles. The van der Waals surface area contributed by atoms with Crippen LogP contribution in [0.1, 0.15) is 5.69 Å². The average molecular weight is 466 g/mol. The van der Waals surface area contributed by atoms with Gasteiger partial charge in [-0.15, -0.1) is 0 Å². The summed E-state index contributed by atoms with van der Waals surface area (Å²) in [5.41, 5.74) is 1.08. The van der Waals surface area contributed by atoms with Crippen molar-refractivity contribution < 1.29 is 23.7 Å². The minimum absolute atomic E-state index is 0.0501. The molecule has 1 aliphatic heterocycles. The molecule has 0 radical (unpaired) electrons. The third kappa shape index (κ3) is 4.67. The molecule has 0 bridgehead atoms. The van der Waals surface area contributed by atoms with Crippen molar-refractivity contribution in [1.82, 2.24) is 9.47 Å². The van der Waals surface area contributed by atoms with Crippen molar-refractivity contribution in [3.05, 3.63) is 93.4 Å². The van der Waals surface area contributed by atoms with Gasteiger partial charge in [0.05, 0.1) is 15.5 Å². The molecular weight excluding hydrogens is 451 g/mol. The first-order valence-corrected chi connectivity index (χ1v) is 10.4. The van der Waals surface area contributed by atoms with Crippen LogP contribution in [-0.4, -0.2) is 38.0 Å². The van der Waals surface area contributed by atoms with Crippen molar-refractivity contribution in [1.29, 1.82) is 0 Å². The second kappa shape index (κ2) is 9.09. The number of imide groups is 1. The Bertz CT molecular complexity index is 1300. The number of benzene rings is 2. The van der Waals surface area contributed by atoms with E-state index in [4.69, 9.17) is 0 Å². The smallest absolute Gasteiger partial charge is 0.294 e. The second-order valence-electron chi connectivity index (χ2n) is 6.87. The van der Waals surface area contributed by atoms with E-state index < -0.39 is 34.3 Å². The molecule has 0 atom stereocenters. The number of nitro groups is 1. The lowest BCUT2D eigenvalue weighted by molar-refractivity contribution is -0.384. The topological polar surface area (TPSA) is 115 Å². The number of nitrogens with one attached hydrogen (secondary N) is 1. The van der Waals surface area contributed by atoms with E-state index in [1.165, 1.54) is 36.4 Å². The summed E-state index contributed by atoms with van der Waals surface area (Å²) < 4.78 is 15.4. The van der Waals surface area contributed by atoms with E-state index in [0.29, 0.717) is 23.1 Å². The highest BCUT2D eigenvalue weighted by molar-refractivity contribution is 8.18. The molecule has 0 unspecified atom stereocenters. The Morgan fingerprint density at radius 3 is 2.52 bits per heavy atom. The van der Waals surface area contributed by atoms with Gasteiger partial charge in [-0.05, 0) is 54.2 Å². The van der Waals surface area contributed by atoms with Gasteiger partial charge in [-0.1, -0.05) is 12.1 Å². The number of thioether (sulfide) groups is 1. The first-order valence-electron chi connectivity index (χ1n) is 9.55. The molecule has 33 heavy (non-hydrogen) atoms. The van der Waals surface area contributed by atoms with Crippen LogP contribution in [0.4, 0.5) is 20.6 Å².